The van der Waals surface area contributed by atoms with E-state index < -0.39 is 0 Å². The molecule has 0 aliphatic rings. The van der Waals surface area contributed by atoms with Crippen molar-refractivity contribution in [3.05, 3.63) is 131 Å². The smallest absolute Gasteiger partial charge is 0.119 e. The minimum atomic E-state index is 0.726. The third-order valence-electron chi connectivity index (χ3n) is 6.25. The van der Waals surface area contributed by atoms with Crippen LogP contribution in [0.3, 0.4) is 0 Å². The van der Waals surface area contributed by atoms with Gasteiger partial charge in [0.15, 0.2) is 0 Å². The monoisotopic (exact) mass is 632 g/mol. The normalized spacial score (nSPS) is 10.7. The lowest BCUT2D eigenvalue weighted by atomic mass is 9.86. The first-order chi connectivity index (χ1) is 18.8. The molecular formula is C34H34Br2O2. The van der Waals surface area contributed by atoms with Crippen molar-refractivity contribution in [3.8, 4) is 11.5 Å². The molecule has 0 unspecified atom stereocenters. The van der Waals surface area contributed by atoms with E-state index in [4.69, 9.17) is 9.47 Å². The van der Waals surface area contributed by atoms with E-state index in [-0.39, 0.29) is 0 Å². The molecule has 196 valence electrons. The summed E-state index contributed by atoms with van der Waals surface area (Å²) in [6.45, 7) is 1.45. The molecule has 0 bridgehead atoms. The number of halogens is 2. The van der Waals surface area contributed by atoms with Gasteiger partial charge in [-0.3, -0.25) is 0 Å². The minimum absolute atomic E-state index is 0.726. The Balaban J connectivity index is 1.76. The molecule has 0 fully saturated rings. The van der Waals surface area contributed by atoms with Crippen molar-refractivity contribution < 1.29 is 9.47 Å². The first-order valence-corrected chi connectivity index (χ1v) is 15.5. The highest BCUT2D eigenvalue weighted by atomic mass is 79.9. The van der Waals surface area contributed by atoms with Crippen LogP contribution in [0.5, 0.6) is 11.5 Å². The van der Waals surface area contributed by atoms with Gasteiger partial charge in [-0.05, 0) is 83.3 Å². The number of benzene rings is 4. The number of hydrogen-bond donors (Lipinski definition) is 0. The highest BCUT2D eigenvalue weighted by Gasteiger charge is 2.16. The van der Waals surface area contributed by atoms with E-state index in [1.54, 1.807) is 0 Å². The molecule has 0 spiro atoms. The Labute approximate surface area is 244 Å². The van der Waals surface area contributed by atoms with Gasteiger partial charge in [-0.1, -0.05) is 117 Å². The van der Waals surface area contributed by atoms with Gasteiger partial charge in [0.2, 0.25) is 0 Å². The maximum Gasteiger partial charge on any atom is 0.119 e. The summed E-state index contributed by atoms with van der Waals surface area (Å²) in [6.07, 6.45) is 4.29. The molecule has 0 saturated carbocycles. The molecule has 0 saturated heterocycles. The van der Waals surface area contributed by atoms with E-state index in [0.29, 0.717) is 0 Å². The van der Waals surface area contributed by atoms with Crippen LogP contribution in [0.1, 0.15) is 47.9 Å². The summed E-state index contributed by atoms with van der Waals surface area (Å²) < 4.78 is 12.0. The van der Waals surface area contributed by atoms with Gasteiger partial charge in [-0.25, -0.2) is 0 Å². The first-order valence-electron chi connectivity index (χ1n) is 13.2. The molecule has 0 aliphatic heterocycles. The minimum Gasteiger partial charge on any atom is -0.494 e. The lowest BCUT2D eigenvalue weighted by Gasteiger charge is -2.19. The molecule has 4 aromatic rings. The van der Waals surface area contributed by atoms with Crippen molar-refractivity contribution in [1.29, 1.82) is 0 Å². The summed E-state index contributed by atoms with van der Waals surface area (Å²) >= 11 is 6.98. The van der Waals surface area contributed by atoms with Crippen molar-refractivity contribution in [2.24, 2.45) is 0 Å². The number of rotatable bonds is 14. The Morgan fingerprint density at radius 1 is 0.421 bits per heavy atom. The molecule has 0 amide bonds. The van der Waals surface area contributed by atoms with Gasteiger partial charge in [0.1, 0.15) is 11.5 Å². The van der Waals surface area contributed by atoms with E-state index in [9.17, 15) is 0 Å². The van der Waals surface area contributed by atoms with Crippen molar-refractivity contribution in [3.63, 3.8) is 0 Å². The van der Waals surface area contributed by atoms with Gasteiger partial charge < -0.3 is 9.47 Å². The van der Waals surface area contributed by atoms with Gasteiger partial charge in [0.25, 0.3) is 0 Å². The maximum absolute atomic E-state index is 5.99. The molecule has 4 aromatic carbocycles. The fourth-order valence-electron chi connectivity index (χ4n) is 4.33. The maximum atomic E-state index is 5.99. The molecule has 4 rings (SSSR count). The second-order valence-electron chi connectivity index (χ2n) is 9.02. The quantitative estimate of drug-likeness (QED) is 0.0782. The summed E-state index contributed by atoms with van der Waals surface area (Å²) in [6, 6.07) is 38.3. The zero-order valence-electron chi connectivity index (χ0n) is 21.6. The summed E-state index contributed by atoms with van der Waals surface area (Å²) in [5, 5.41) is 2.01. The Kier molecular flexibility index (Phi) is 11.5. The topological polar surface area (TPSA) is 18.5 Å². The average Bonchev–Trinajstić information content (AvgIpc) is 2.98. The van der Waals surface area contributed by atoms with Crippen molar-refractivity contribution >= 4 is 43.0 Å². The number of unbranched alkanes of at least 4 members (excludes halogenated alkanes) is 2. The lowest BCUT2D eigenvalue weighted by Crippen LogP contribution is -2.00. The zero-order valence-corrected chi connectivity index (χ0v) is 24.8. The Morgan fingerprint density at radius 3 is 1.11 bits per heavy atom. The van der Waals surface area contributed by atoms with Gasteiger partial charge in [-0.2, -0.15) is 0 Å². The van der Waals surface area contributed by atoms with Crippen LogP contribution >= 0.6 is 31.9 Å². The van der Waals surface area contributed by atoms with Crippen molar-refractivity contribution in [2.45, 2.75) is 25.7 Å². The molecule has 0 heterocycles. The molecule has 0 radical (unpaired) electrons. The second kappa shape index (κ2) is 15.6. The van der Waals surface area contributed by atoms with Crippen LogP contribution in [0.4, 0.5) is 0 Å². The summed E-state index contributed by atoms with van der Waals surface area (Å²) in [7, 11) is 0. The van der Waals surface area contributed by atoms with Gasteiger partial charge in [-0.15, -0.1) is 0 Å². The van der Waals surface area contributed by atoms with E-state index in [1.165, 1.54) is 22.3 Å². The average molecular weight is 634 g/mol. The summed E-state index contributed by atoms with van der Waals surface area (Å²) in [4.78, 5) is 0. The molecule has 4 heteroatoms. The highest BCUT2D eigenvalue weighted by Crippen LogP contribution is 2.37. The Hall–Kier alpha value is -2.82. The van der Waals surface area contributed by atoms with Crippen LogP contribution in [0, 0.1) is 0 Å². The van der Waals surface area contributed by atoms with Crippen LogP contribution in [0.25, 0.3) is 11.1 Å². The fourth-order valence-corrected chi connectivity index (χ4v) is 5.12. The summed E-state index contributed by atoms with van der Waals surface area (Å²) in [5.41, 5.74) is 7.03. The first kappa shape index (κ1) is 28.2. The number of hydrogen-bond acceptors (Lipinski definition) is 2. The largest absolute Gasteiger partial charge is 0.494 e. The summed E-state index contributed by atoms with van der Waals surface area (Å²) in [5.74, 6) is 1.80. The van der Waals surface area contributed by atoms with Crippen molar-refractivity contribution in [1.82, 2.24) is 0 Å². The van der Waals surface area contributed by atoms with Crippen LogP contribution in [0.15, 0.2) is 109 Å². The molecule has 38 heavy (non-hydrogen) atoms. The molecule has 0 aliphatic carbocycles. The molecule has 0 aromatic heterocycles. The predicted octanol–water partition coefficient (Wildman–Crippen LogP) is 9.80. The van der Waals surface area contributed by atoms with E-state index in [2.05, 4.69) is 141 Å². The molecule has 0 N–H and O–H groups in total. The van der Waals surface area contributed by atoms with E-state index >= 15 is 0 Å². The van der Waals surface area contributed by atoms with Crippen molar-refractivity contribution in [2.75, 3.05) is 23.9 Å². The van der Waals surface area contributed by atoms with Crippen LogP contribution < -0.4 is 9.47 Å². The number of ether oxygens (including phenoxy) is 2. The molecule has 0 atom stereocenters. The Bertz CT molecular complexity index is 1150. The SMILES string of the molecule is BrCCCCOc1ccc(C(=C(c2ccccc2)c2ccccc2)c2ccc(OCCCCBr)cc2)cc1. The standard InChI is InChI=1S/C34H34Br2O2/c35-23-7-9-25-37-31-19-15-29(16-20-31)34(30-17-21-32(22-18-30)38-26-10-8-24-36)33(27-11-3-1-4-12-27)28-13-5-2-6-14-28/h1-6,11-22H,7-10,23-26H2. The predicted molar refractivity (Wildman–Crippen MR) is 168 cm³/mol. The third kappa shape index (κ3) is 8.09. The second-order valence-corrected chi connectivity index (χ2v) is 10.6. The lowest BCUT2D eigenvalue weighted by molar-refractivity contribution is 0.310. The fraction of sp³-hybridized carbons (Fsp3) is 0.235. The van der Waals surface area contributed by atoms with Gasteiger partial charge in [0.05, 0.1) is 13.2 Å². The Morgan fingerprint density at radius 2 is 0.763 bits per heavy atom. The zero-order chi connectivity index (χ0) is 26.4. The van der Waals surface area contributed by atoms with Gasteiger partial charge in [0, 0.05) is 10.7 Å². The number of alkyl halides is 2. The van der Waals surface area contributed by atoms with Crippen LogP contribution in [-0.4, -0.2) is 23.9 Å². The highest BCUT2D eigenvalue weighted by molar-refractivity contribution is 9.09. The van der Waals surface area contributed by atoms with E-state index in [1.807, 2.05) is 0 Å². The van der Waals surface area contributed by atoms with Crippen LogP contribution in [-0.2, 0) is 0 Å². The van der Waals surface area contributed by atoms with E-state index in [0.717, 1.165) is 72.2 Å². The van der Waals surface area contributed by atoms with Gasteiger partial charge >= 0.3 is 0 Å². The molecular weight excluding hydrogens is 600 g/mol. The van der Waals surface area contributed by atoms with Crippen LogP contribution in [0.2, 0.25) is 0 Å². The third-order valence-corrected chi connectivity index (χ3v) is 7.38. The molecule has 2 nitrogen and oxygen atoms in total.